The van der Waals surface area contributed by atoms with Gasteiger partial charge in [0.25, 0.3) is 0 Å². The highest BCUT2D eigenvalue weighted by Crippen LogP contribution is 2.24. The summed E-state index contributed by atoms with van der Waals surface area (Å²) in [6, 6.07) is 15.0. The zero-order valence-electron chi connectivity index (χ0n) is 11.7. The Bertz CT molecular complexity index is 595. The van der Waals surface area contributed by atoms with Crippen LogP contribution in [0.1, 0.15) is 5.56 Å². The van der Waals surface area contributed by atoms with Crippen molar-refractivity contribution in [1.29, 1.82) is 0 Å². The van der Waals surface area contributed by atoms with Gasteiger partial charge in [-0.15, -0.1) is 0 Å². The zero-order chi connectivity index (χ0) is 15.1. The van der Waals surface area contributed by atoms with E-state index in [9.17, 15) is 4.79 Å². The molecule has 21 heavy (non-hydrogen) atoms. The zero-order valence-corrected chi connectivity index (χ0v) is 11.7. The van der Waals surface area contributed by atoms with E-state index >= 15 is 0 Å². The van der Waals surface area contributed by atoms with Crippen LogP contribution in [0, 0.1) is 6.92 Å². The molecule has 0 unspecified atom stereocenters. The normalized spacial score (nSPS) is 9.95. The molecule has 0 saturated carbocycles. The lowest BCUT2D eigenvalue weighted by atomic mass is 10.2. The van der Waals surface area contributed by atoms with Gasteiger partial charge in [0, 0.05) is 0 Å². The number of benzene rings is 2. The second kappa shape index (κ2) is 7.19. The van der Waals surface area contributed by atoms with Crippen LogP contribution in [-0.4, -0.2) is 24.4 Å². The van der Waals surface area contributed by atoms with Crippen molar-refractivity contribution in [3.63, 3.8) is 0 Å². The molecule has 0 saturated heterocycles. The molecule has 5 nitrogen and oxygen atoms in total. The lowest BCUT2D eigenvalue weighted by Gasteiger charge is -2.09. The summed E-state index contributed by atoms with van der Waals surface area (Å²) in [5, 5.41) is 10.7. The molecule has 0 bridgehead atoms. The highest BCUT2D eigenvalue weighted by molar-refractivity contribution is 5.64. The van der Waals surface area contributed by atoms with E-state index in [1.807, 2.05) is 43.3 Å². The topological polar surface area (TPSA) is 67.8 Å². The SMILES string of the molecule is Cc1cccc(Oc2ccc(OCCNC(=O)O)cc2)c1. The molecule has 0 aliphatic rings. The summed E-state index contributed by atoms with van der Waals surface area (Å²) in [5.41, 5.74) is 1.14. The van der Waals surface area contributed by atoms with Crippen LogP contribution >= 0.6 is 0 Å². The Hall–Kier alpha value is -2.69. The van der Waals surface area contributed by atoms with E-state index < -0.39 is 6.09 Å². The van der Waals surface area contributed by atoms with Gasteiger partial charge < -0.3 is 19.9 Å². The lowest BCUT2D eigenvalue weighted by molar-refractivity contribution is 0.191. The predicted octanol–water partition coefficient (Wildman–Crippen LogP) is 3.43. The van der Waals surface area contributed by atoms with Gasteiger partial charge in [0.2, 0.25) is 0 Å². The van der Waals surface area contributed by atoms with Gasteiger partial charge in [-0.25, -0.2) is 4.79 Å². The first kappa shape index (κ1) is 14.7. The van der Waals surface area contributed by atoms with Crippen LogP contribution in [0.25, 0.3) is 0 Å². The minimum absolute atomic E-state index is 0.247. The molecule has 2 N–H and O–H groups in total. The van der Waals surface area contributed by atoms with Crippen molar-refractivity contribution in [1.82, 2.24) is 5.32 Å². The number of hydrogen-bond acceptors (Lipinski definition) is 3. The second-order valence-corrected chi connectivity index (χ2v) is 4.47. The third-order valence-electron chi connectivity index (χ3n) is 2.70. The standard InChI is InChI=1S/C16H17NO4/c1-12-3-2-4-15(11-12)21-14-7-5-13(6-8-14)20-10-9-17-16(18)19/h2-8,11,17H,9-10H2,1H3,(H,18,19). The molecule has 5 heteroatoms. The fourth-order valence-corrected chi connectivity index (χ4v) is 1.75. The van der Waals surface area contributed by atoms with E-state index in [-0.39, 0.29) is 13.2 Å². The molecule has 0 radical (unpaired) electrons. The summed E-state index contributed by atoms with van der Waals surface area (Å²) < 4.78 is 11.1. The van der Waals surface area contributed by atoms with Gasteiger partial charge in [0.1, 0.15) is 23.9 Å². The summed E-state index contributed by atoms with van der Waals surface area (Å²) >= 11 is 0. The van der Waals surface area contributed by atoms with Gasteiger partial charge in [0.05, 0.1) is 6.54 Å². The number of carboxylic acid groups (broad SMARTS) is 1. The monoisotopic (exact) mass is 287 g/mol. The summed E-state index contributed by atoms with van der Waals surface area (Å²) in [7, 11) is 0. The maximum absolute atomic E-state index is 10.3. The number of carbonyl (C=O) groups is 1. The highest BCUT2D eigenvalue weighted by Gasteiger charge is 2.00. The Kier molecular flexibility index (Phi) is 5.04. The van der Waals surface area contributed by atoms with Gasteiger partial charge in [-0.3, -0.25) is 0 Å². The van der Waals surface area contributed by atoms with Crippen molar-refractivity contribution < 1.29 is 19.4 Å². The molecular weight excluding hydrogens is 270 g/mol. The smallest absolute Gasteiger partial charge is 0.404 e. The molecule has 0 spiro atoms. The average Bonchev–Trinajstić information content (AvgIpc) is 2.45. The van der Waals surface area contributed by atoms with E-state index in [0.29, 0.717) is 5.75 Å². The first-order chi connectivity index (χ1) is 10.1. The van der Waals surface area contributed by atoms with Gasteiger partial charge in [-0.2, -0.15) is 0 Å². The molecule has 0 fully saturated rings. The Balaban J connectivity index is 1.85. The third-order valence-corrected chi connectivity index (χ3v) is 2.70. The maximum atomic E-state index is 10.3. The molecule has 0 aliphatic heterocycles. The summed E-state index contributed by atoms with van der Waals surface area (Å²) in [4.78, 5) is 10.3. The molecule has 2 rings (SSSR count). The molecule has 0 heterocycles. The van der Waals surface area contributed by atoms with Gasteiger partial charge in [-0.05, 0) is 48.9 Å². The Morgan fingerprint density at radius 1 is 1.10 bits per heavy atom. The number of ether oxygens (including phenoxy) is 2. The average molecular weight is 287 g/mol. The number of rotatable bonds is 6. The van der Waals surface area contributed by atoms with E-state index in [4.69, 9.17) is 14.6 Å². The van der Waals surface area contributed by atoms with E-state index in [1.165, 1.54) is 0 Å². The fraction of sp³-hybridized carbons (Fsp3) is 0.188. The first-order valence-electron chi connectivity index (χ1n) is 6.58. The first-order valence-corrected chi connectivity index (χ1v) is 6.58. The van der Waals surface area contributed by atoms with Crippen LogP contribution in [0.2, 0.25) is 0 Å². The van der Waals surface area contributed by atoms with E-state index in [1.54, 1.807) is 12.1 Å². The number of nitrogens with one attached hydrogen (secondary N) is 1. The Labute approximate surface area is 123 Å². The van der Waals surface area contributed by atoms with Crippen molar-refractivity contribution in [2.24, 2.45) is 0 Å². The van der Waals surface area contributed by atoms with Gasteiger partial charge >= 0.3 is 6.09 Å². The summed E-state index contributed by atoms with van der Waals surface area (Å²) in [5.74, 6) is 2.17. The van der Waals surface area contributed by atoms with Crippen LogP contribution < -0.4 is 14.8 Å². The van der Waals surface area contributed by atoms with Crippen molar-refractivity contribution in [2.75, 3.05) is 13.2 Å². The van der Waals surface area contributed by atoms with Gasteiger partial charge in [0.15, 0.2) is 0 Å². The largest absolute Gasteiger partial charge is 0.492 e. The molecule has 0 aliphatic carbocycles. The molecule has 0 atom stereocenters. The van der Waals surface area contributed by atoms with Crippen LogP contribution in [0.4, 0.5) is 4.79 Å². The molecule has 2 aromatic rings. The number of aryl methyl sites for hydroxylation is 1. The van der Waals surface area contributed by atoms with E-state index in [2.05, 4.69) is 5.32 Å². The summed E-state index contributed by atoms with van der Waals surface area (Å²) in [6.07, 6.45) is -1.06. The lowest BCUT2D eigenvalue weighted by Crippen LogP contribution is -2.26. The minimum Gasteiger partial charge on any atom is -0.492 e. The van der Waals surface area contributed by atoms with Crippen molar-refractivity contribution >= 4 is 6.09 Å². The van der Waals surface area contributed by atoms with Crippen LogP contribution in [-0.2, 0) is 0 Å². The van der Waals surface area contributed by atoms with Crippen LogP contribution in [0.15, 0.2) is 48.5 Å². The molecule has 1 amide bonds. The fourth-order valence-electron chi connectivity index (χ4n) is 1.75. The number of hydrogen-bond donors (Lipinski definition) is 2. The number of amides is 1. The van der Waals surface area contributed by atoms with E-state index in [0.717, 1.165) is 17.1 Å². The molecular formula is C16H17NO4. The van der Waals surface area contributed by atoms with Crippen molar-refractivity contribution in [3.8, 4) is 17.2 Å². The minimum atomic E-state index is -1.06. The van der Waals surface area contributed by atoms with Crippen molar-refractivity contribution in [3.05, 3.63) is 54.1 Å². The molecule has 110 valence electrons. The molecule has 0 aromatic heterocycles. The maximum Gasteiger partial charge on any atom is 0.404 e. The second-order valence-electron chi connectivity index (χ2n) is 4.47. The molecule has 2 aromatic carbocycles. The predicted molar refractivity (Wildman–Crippen MR) is 79.2 cm³/mol. The highest BCUT2D eigenvalue weighted by atomic mass is 16.5. The van der Waals surface area contributed by atoms with Crippen LogP contribution in [0.5, 0.6) is 17.2 Å². The Morgan fingerprint density at radius 2 is 1.81 bits per heavy atom. The Morgan fingerprint density at radius 3 is 2.48 bits per heavy atom. The van der Waals surface area contributed by atoms with Crippen molar-refractivity contribution in [2.45, 2.75) is 6.92 Å². The van der Waals surface area contributed by atoms with Crippen LogP contribution in [0.3, 0.4) is 0 Å². The summed E-state index contributed by atoms with van der Waals surface area (Å²) in [6.45, 7) is 2.54. The van der Waals surface area contributed by atoms with Gasteiger partial charge in [-0.1, -0.05) is 12.1 Å². The third kappa shape index (κ3) is 5.06. The quantitative estimate of drug-likeness (QED) is 0.799.